The predicted molar refractivity (Wildman–Crippen MR) is 61.3 cm³/mol. The summed E-state index contributed by atoms with van der Waals surface area (Å²) in [6.07, 6.45) is 4.26. The van der Waals surface area contributed by atoms with E-state index in [1.807, 2.05) is 13.2 Å². The maximum absolute atomic E-state index is 10.7. The summed E-state index contributed by atoms with van der Waals surface area (Å²) >= 11 is 0. The van der Waals surface area contributed by atoms with Gasteiger partial charge in [-0.15, -0.1) is 5.10 Å². The van der Waals surface area contributed by atoms with Crippen LogP contribution in [0.1, 0.15) is 25.0 Å². The highest BCUT2D eigenvalue weighted by molar-refractivity contribution is 5.67. The van der Waals surface area contributed by atoms with Crippen LogP contribution in [-0.4, -0.2) is 44.1 Å². The van der Waals surface area contributed by atoms with E-state index in [2.05, 4.69) is 15.2 Å². The summed E-state index contributed by atoms with van der Waals surface area (Å²) in [4.78, 5) is 13.0. The number of likely N-dealkylation sites (tertiary alicyclic amines) is 1. The molecular formula is C11H18N4O2. The Morgan fingerprint density at radius 3 is 3.12 bits per heavy atom. The molecule has 6 nitrogen and oxygen atoms in total. The second-order valence-corrected chi connectivity index (χ2v) is 4.72. The van der Waals surface area contributed by atoms with Crippen LogP contribution >= 0.6 is 0 Å². The highest BCUT2D eigenvalue weighted by atomic mass is 16.4. The van der Waals surface area contributed by atoms with Crippen LogP contribution in [0.2, 0.25) is 0 Å². The first kappa shape index (κ1) is 12.0. The molecule has 1 N–H and O–H groups in total. The lowest BCUT2D eigenvalue weighted by atomic mass is 9.95. The Labute approximate surface area is 100 Å². The summed E-state index contributed by atoms with van der Waals surface area (Å²) in [6.45, 7) is 2.64. The molecule has 1 aliphatic heterocycles. The molecule has 0 saturated carbocycles. The van der Waals surface area contributed by atoms with Gasteiger partial charge in [-0.2, -0.15) is 0 Å². The van der Waals surface area contributed by atoms with Gasteiger partial charge < -0.3 is 5.11 Å². The molecule has 1 saturated heterocycles. The molecule has 0 aromatic carbocycles. The zero-order chi connectivity index (χ0) is 12.3. The van der Waals surface area contributed by atoms with Crippen molar-refractivity contribution in [3.63, 3.8) is 0 Å². The van der Waals surface area contributed by atoms with Gasteiger partial charge in [0.2, 0.25) is 0 Å². The summed E-state index contributed by atoms with van der Waals surface area (Å²) in [5.74, 6) is -0.422. The second-order valence-electron chi connectivity index (χ2n) is 4.72. The summed E-state index contributed by atoms with van der Waals surface area (Å²) in [6, 6.07) is 0. The number of carbonyl (C=O) groups is 1. The molecule has 2 heterocycles. The van der Waals surface area contributed by atoms with Gasteiger partial charge in [-0.3, -0.25) is 14.4 Å². The largest absolute Gasteiger partial charge is 0.481 e. The molecule has 0 aliphatic carbocycles. The van der Waals surface area contributed by atoms with Crippen LogP contribution in [0.25, 0.3) is 0 Å². The Kier molecular flexibility index (Phi) is 3.73. The number of aryl methyl sites for hydroxylation is 1. The van der Waals surface area contributed by atoms with Crippen LogP contribution in [-0.2, 0) is 18.4 Å². The molecule has 0 spiro atoms. The van der Waals surface area contributed by atoms with Crippen molar-refractivity contribution in [1.29, 1.82) is 0 Å². The number of carboxylic acids is 1. The van der Waals surface area contributed by atoms with Crippen molar-refractivity contribution in [2.24, 2.45) is 13.0 Å². The minimum atomic E-state index is -0.698. The predicted octanol–water partition coefficient (Wildman–Crippen LogP) is 0.502. The van der Waals surface area contributed by atoms with E-state index in [0.717, 1.165) is 38.2 Å². The van der Waals surface area contributed by atoms with Gasteiger partial charge in [0.15, 0.2) is 0 Å². The van der Waals surface area contributed by atoms with Gasteiger partial charge in [0.1, 0.15) is 0 Å². The number of aliphatic carboxylic acids is 1. The van der Waals surface area contributed by atoms with E-state index < -0.39 is 5.97 Å². The minimum absolute atomic E-state index is 0.275. The molecule has 1 fully saturated rings. The fourth-order valence-electron chi connectivity index (χ4n) is 2.41. The van der Waals surface area contributed by atoms with Crippen molar-refractivity contribution in [1.82, 2.24) is 19.9 Å². The molecule has 0 amide bonds. The van der Waals surface area contributed by atoms with Crippen molar-refractivity contribution in [3.8, 4) is 0 Å². The number of carboxylic acid groups (broad SMARTS) is 1. The van der Waals surface area contributed by atoms with E-state index in [-0.39, 0.29) is 12.3 Å². The number of hydrogen-bond acceptors (Lipinski definition) is 4. The van der Waals surface area contributed by atoms with E-state index in [1.54, 1.807) is 4.68 Å². The van der Waals surface area contributed by atoms with Crippen molar-refractivity contribution in [2.45, 2.75) is 25.8 Å². The SMILES string of the molecule is Cn1cc(CN2CCCC(CC(=O)O)C2)nn1. The fourth-order valence-corrected chi connectivity index (χ4v) is 2.41. The molecular weight excluding hydrogens is 220 g/mol. The van der Waals surface area contributed by atoms with Crippen LogP contribution in [0.4, 0.5) is 0 Å². The molecule has 6 heteroatoms. The molecule has 0 radical (unpaired) electrons. The summed E-state index contributed by atoms with van der Waals surface area (Å²) in [7, 11) is 1.85. The lowest BCUT2D eigenvalue weighted by Crippen LogP contribution is -2.35. The Morgan fingerprint density at radius 1 is 1.65 bits per heavy atom. The van der Waals surface area contributed by atoms with Crippen molar-refractivity contribution in [2.75, 3.05) is 13.1 Å². The van der Waals surface area contributed by atoms with Gasteiger partial charge >= 0.3 is 5.97 Å². The van der Waals surface area contributed by atoms with Gasteiger partial charge in [0, 0.05) is 32.8 Å². The molecule has 1 unspecified atom stereocenters. The van der Waals surface area contributed by atoms with Crippen LogP contribution < -0.4 is 0 Å². The van der Waals surface area contributed by atoms with E-state index in [1.165, 1.54) is 0 Å². The second kappa shape index (κ2) is 5.27. The molecule has 94 valence electrons. The molecule has 1 atom stereocenters. The lowest BCUT2D eigenvalue weighted by Gasteiger charge is -2.31. The molecule has 2 rings (SSSR count). The number of hydrogen-bond donors (Lipinski definition) is 1. The zero-order valence-electron chi connectivity index (χ0n) is 10.0. The third-order valence-electron chi connectivity index (χ3n) is 3.10. The van der Waals surface area contributed by atoms with Gasteiger partial charge in [0.25, 0.3) is 0 Å². The first-order valence-corrected chi connectivity index (χ1v) is 5.93. The third-order valence-corrected chi connectivity index (χ3v) is 3.10. The fraction of sp³-hybridized carbons (Fsp3) is 0.727. The Balaban J connectivity index is 1.87. The quantitative estimate of drug-likeness (QED) is 0.827. The number of nitrogens with zero attached hydrogens (tertiary/aromatic N) is 4. The average Bonchev–Trinajstić information content (AvgIpc) is 2.63. The van der Waals surface area contributed by atoms with Crippen molar-refractivity contribution in [3.05, 3.63) is 11.9 Å². The van der Waals surface area contributed by atoms with E-state index in [0.29, 0.717) is 0 Å². The van der Waals surface area contributed by atoms with Crippen LogP contribution in [0.3, 0.4) is 0 Å². The zero-order valence-corrected chi connectivity index (χ0v) is 10.0. The Morgan fingerprint density at radius 2 is 2.47 bits per heavy atom. The summed E-state index contributed by atoms with van der Waals surface area (Å²) in [5.41, 5.74) is 0.948. The molecule has 1 aromatic heterocycles. The van der Waals surface area contributed by atoms with Crippen LogP contribution in [0.5, 0.6) is 0 Å². The van der Waals surface area contributed by atoms with Gasteiger partial charge in [-0.05, 0) is 25.3 Å². The number of piperidine rings is 1. The van der Waals surface area contributed by atoms with Gasteiger partial charge in [-0.25, -0.2) is 0 Å². The highest BCUT2D eigenvalue weighted by Gasteiger charge is 2.22. The van der Waals surface area contributed by atoms with Crippen LogP contribution in [0.15, 0.2) is 6.20 Å². The van der Waals surface area contributed by atoms with E-state index in [9.17, 15) is 4.79 Å². The first-order valence-electron chi connectivity index (χ1n) is 5.93. The average molecular weight is 238 g/mol. The smallest absolute Gasteiger partial charge is 0.303 e. The maximum Gasteiger partial charge on any atom is 0.303 e. The minimum Gasteiger partial charge on any atom is -0.481 e. The number of rotatable bonds is 4. The molecule has 1 aromatic rings. The van der Waals surface area contributed by atoms with Crippen LogP contribution in [0, 0.1) is 5.92 Å². The summed E-state index contributed by atoms with van der Waals surface area (Å²) < 4.78 is 1.69. The Bertz CT molecular complexity index is 391. The molecule has 0 bridgehead atoms. The lowest BCUT2D eigenvalue weighted by molar-refractivity contribution is -0.138. The van der Waals surface area contributed by atoms with Gasteiger partial charge in [0.05, 0.1) is 5.69 Å². The van der Waals surface area contributed by atoms with Crippen molar-refractivity contribution < 1.29 is 9.90 Å². The molecule has 1 aliphatic rings. The Hall–Kier alpha value is -1.43. The topological polar surface area (TPSA) is 71.2 Å². The van der Waals surface area contributed by atoms with E-state index >= 15 is 0 Å². The highest BCUT2D eigenvalue weighted by Crippen LogP contribution is 2.20. The standard InChI is InChI=1S/C11H18N4O2/c1-14-7-10(12-13-14)8-15-4-2-3-9(6-15)5-11(16)17/h7,9H,2-6,8H2,1H3,(H,16,17). The maximum atomic E-state index is 10.7. The number of aromatic nitrogens is 3. The first-order chi connectivity index (χ1) is 8.13. The normalized spacial score (nSPS) is 21.6. The molecule has 17 heavy (non-hydrogen) atoms. The summed E-state index contributed by atoms with van der Waals surface area (Å²) in [5, 5.41) is 16.7. The van der Waals surface area contributed by atoms with Gasteiger partial charge in [-0.1, -0.05) is 5.21 Å². The monoisotopic (exact) mass is 238 g/mol. The third kappa shape index (κ3) is 3.52. The van der Waals surface area contributed by atoms with E-state index in [4.69, 9.17) is 5.11 Å². The van der Waals surface area contributed by atoms with Crippen molar-refractivity contribution >= 4 is 5.97 Å².